The Labute approximate surface area is 179 Å². The van der Waals surface area contributed by atoms with Gasteiger partial charge < -0.3 is 15.4 Å². The zero-order chi connectivity index (χ0) is 20.1. The van der Waals surface area contributed by atoms with E-state index in [-0.39, 0.29) is 12.1 Å². The Morgan fingerprint density at radius 2 is 2.11 bits per heavy atom. The maximum Gasteiger partial charge on any atom is 0.256 e. The van der Waals surface area contributed by atoms with Crippen LogP contribution in [-0.4, -0.2) is 13.0 Å². The van der Waals surface area contributed by atoms with Crippen molar-refractivity contribution in [1.82, 2.24) is 5.32 Å². The predicted octanol–water partition coefficient (Wildman–Crippen LogP) is 5.91. The number of ether oxygens (including phenoxy) is 1. The molecule has 2 N–H and O–H groups in total. The Hall–Kier alpha value is -1.53. The molecule has 1 amide bonds. The first-order valence-corrected chi connectivity index (χ1v) is 11.5. The van der Waals surface area contributed by atoms with Crippen molar-refractivity contribution < 1.29 is 9.53 Å². The van der Waals surface area contributed by atoms with E-state index >= 15 is 0 Å². The van der Waals surface area contributed by atoms with Gasteiger partial charge in [0.2, 0.25) is 0 Å². The quantitative estimate of drug-likeness (QED) is 0.592. The average Bonchev–Trinajstić information content (AvgIpc) is 3.06. The molecule has 4 nitrogen and oxygen atoms in total. The maximum atomic E-state index is 13.0. The summed E-state index contributed by atoms with van der Waals surface area (Å²) in [4.78, 5) is 14.4. The number of carbonyl (C=O) groups excluding carboxylic acids is 1. The Morgan fingerprint density at radius 3 is 2.82 bits per heavy atom. The fraction of sp³-hybridized carbons (Fsp3) is 0.500. The predicted molar refractivity (Wildman–Crippen MR) is 118 cm³/mol. The van der Waals surface area contributed by atoms with Crippen molar-refractivity contribution in [1.29, 1.82) is 0 Å². The summed E-state index contributed by atoms with van der Waals surface area (Å²) < 4.78 is 6.47. The van der Waals surface area contributed by atoms with Gasteiger partial charge in [0, 0.05) is 14.9 Å². The number of carbonyl (C=O) groups is 1. The van der Waals surface area contributed by atoms with Crippen LogP contribution < -0.4 is 15.4 Å². The van der Waals surface area contributed by atoms with Crippen LogP contribution >= 0.6 is 27.3 Å². The Kier molecular flexibility index (Phi) is 5.21. The summed E-state index contributed by atoms with van der Waals surface area (Å²) in [5.74, 6) is 1.45. The standard InChI is InChI=1S/C22H27BrN2O2S/c1-5-22(2,3)12-6-8-14-17(10-12)28-21-18(14)20(26)24-19(25-21)15-11-13(23)7-9-16(15)27-4/h7,9,11-12,19,25H,5-6,8,10H2,1-4H3,(H,24,26)/t12-,19-/m1/s1. The molecule has 0 saturated heterocycles. The van der Waals surface area contributed by atoms with Crippen LogP contribution in [0, 0.1) is 11.3 Å². The third-order valence-corrected chi connectivity index (χ3v) is 8.24. The van der Waals surface area contributed by atoms with Crippen molar-refractivity contribution in [3.63, 3.8) is 0 Å². The minimum atomic E-state index is -0.296. The molecule has 2 heterocycles. The maximum absolute atomic E-state index is 13.0. The summed E-state index contributed by atoms with van der Waals surface area (Å²) >= 11 is 5.29. The molecule has 4 rings (SSSR count). The highest BCUT2D eigenvalue weighted by atomic mass is 79.9. The first-order chi connectivity index (χ1) is 13.3. The Balaban J connectivity index is 1.66. The molecule has 2 aliphatic rings. The molecule has 0 saturated carbocycles. The summed E-state index contributed by atoms with van der Waals surface area (Å²) in [7, 11) is 1.66. The van der Waals surface area contributed by atoms with Crippen LogP contribution in [0.4, 0.5) is 5.00 Å². The smallest absolute Gasteiger partial charge is 0.256 e. The third kappa shape index (κ3) is 3.35. The second-order valence-electron chi connectivity index (χ2n) is 8.43. The molecule has 28 heavy (non-hydrogen) atoms. The first-order valence-electron chi connectivity index (χ1n) is 9.89. The molecular formula is C22H27BrN2O2S. The van der Waals surface area contributed by atoms with E-state index in [2.05, 4.69) is 47.3 Å². The van der Waals surface area contributed by atoms with Crippen LogP contribution in [0.5, 0.6) is 5.75 Å². The van der Waals surface area contributed by atoms with Gasteiger partial charge in [-0.3, -0.25) is 4.79 Å². The molecule has 1 aliphatic carbocycles. The number of benzene rings is 1. The number of hydrogen-bond donors (Lipinski definition) is 2. The molecule has 1 aromatic heterocycles. The van der Waals surface area contributed by atoms with Crippen LogP contribution in [0.3, 0.4) is 0 Å². The van der Waals surface area contributed by atoms with E-state index in [1.54, 1.807) is 18.4 Å². The molecule has 0 radical (unpaired) electrons. The molecule has 2 aromatic rings. The summed E-state index contributed by atoms with van der Waals surface area (Å²) in [5.41, 5.74) is 3.38. The lowest BCUT2D eigenvalue weighted by Gasteiger charge is -2.36. The lowest BCUT2D eigenvalue weighted by Crippen LogP contribution is -2.38. The van der Waals surface area contributed by atoms with E-state index in [0.29, 0.717) is 11.3 Å². The summed E-state index contributed by atoms with van der Waals surface area (Å²) in [6.07, 6.45) is 4.12. The van der Waals surface area contributed by atoms with Gasteiger partial charge in [0.1, 0.15) is 16.9 Å². The van der Waals surface area contributed by atoms with Gasteiger partial charge in [0.25, 0.3) is 5.91 Å². The molecule has 0 spiro atoms. The number of rotatable bonds is 4. The summed E-state index contributed by atoms with van der Waals surface area (Å²) in [6.45, 7) is 7.02. The largest absolute Gasteiger partial charge is 0.496 e. The van der Waals surface area contributed by atoms with Gasteiger partial charge in [-0.05, 0) is 54.4 Å². The van der Waals surface area contributed by atoms with Gasteiger partial charge in [-0.15, -0.1) is 11.3 Å². The van der Waals surface area contributed by atoms with Gasteiger partial charge in [-0.25, -0.2) is 0 Å². The van der Waals surface area contributed by atoms with Gasteiger partial charge in [0.05, 0.1) is 12.7 Å². The minimum absolute atomic E-state index is 0.0199. The molecule has 0 unspecified atom stereocenters. The Bertz CT molecular complexity index is 922. The molecule has 1 aliphatic heterocycles. The number of nitrogens with one attached hydrogen (secondary N) is 2. The minimum Gasteiger partial charge on any atom is -0.496 e. The highest BCUT2D eigenvalue weighted by Gasteiger charge is 2.37. The second-order valence-corrected chi connectivity index (χ2v) is 10.4. The van der Waals surface area contributed by atoms with Crippen LogP contribution in [0.2, 0.25) is 0 Å². The number of thiophene rings is 1. The SMILES string of the molecule is CCC(C)(C)[C@@H]1CCc2c(sc3c2C(=O)N[C@@H](c2cc(Br)ccc2OC)N3)C1. The normalized spacial score (nSPS) is 21.4. The molecule has 150 valence electrons. The molecule has 0 bridgehead atoms. The van der Waals surface area contributed by atoms with E-state index < -0.39 is 0 Å². The number of methoxy groups -OCH3 is 1. The zero-order valence-corrected chi connectivity index (χ0v) is 19.2. The van der Waals surface area contributed by atoms with E-state index in [9.17, 15) is 4.79 Å². The van der Waals surface area contributed by atoms with E-state index in [1.165, 1.54) is 16.9 Å². The lowest BCUT2D eigenvalue weighted by atomic mass is 9.69. The first kappa shape index (κ1) is 19.8. The van der Waals surface area contributed by atoms with Crippen molar-refractivity contribution in [3.05, 3.63) is 44.2 Å². The topological polar surface area (TPSA) is 50.4 Å². The van der Waals surface area contributed by atoms with Crippen LogP contribution in [0.15, 0.2) is 22.7 Å². The fourth-order valence-corrected chi connectivity index (χ4v) is 6.07. The average molecular weight is 463 g/mol. The van der Waals surface area contributed by atoms with E-state index in [1.807, 2.05) is 18.2 Å². The van der Waals surface area contributed by atoms with Gasteiger partial charge >= 0.3 is 0 Å². The highest BCUT2D eigenvalue weighted by Crippen LogP contribution is 2.47. The van der Waals surface area contributed by atoms with Gasteiger partial charge in [0.15, 0.2) is 0 Å². The van der Waals surface area contributed by atoms with Crippen LogP contribution in [0.25, 0.3) is 0 Å². The monoisotopic (exact) mass is 462 g/mol. The molecule has 1 aromatic carbocycles. The van der Waals surface area contributed by atoms with E-state index in [0.717, 1.165) is 45.6 Å². The zero-order valence-electron chi connectivity index (χ0n) is 16.8. The van der Waals surface area contributed by atoms with Gasteiger partial charge in [-0.1, -0.05) is 43.1 Å². The molecular weight excluding hydrogens is 436 g/mol. The molecule has 6 heteroatoms. The molecule has 2 atom stereocenters. The van der Waals surface area contributed by atoms with Crippen molar-refractivity contribution in [2.75, 3.05) is 12.4 Å². The number of fused-ring (bicyclic) bond motifs is 3. The van der Waals surface area contributed by atoms with Crippen molar-refractivity contribution in [2.45, 2.75) is 52.6 Å². The van der Waals surface area contributed by atoms with Crippen molar-refractivity contribution in [2.24, 2.45) is 11.3 Å². The van der Waals surface area contributed by atoms with E-state index in [4.69, 9.17) is 4.74 Å². The highest BCUT2D eigenvalue weighted by molar-refractivity contribution is 9.10. The fourth-order valence-electron chi connectivity index (χ4n) is 4.34. The van der Waals surface area contributed by atoms with Crippen molar-refractivity contribution in [3.8, 4) is 5.75 Å². The number of hydrogen-bond acceptors (Lipinski definition) is 4. The lowest BCUT2D eigenvalue weighted by molar-refractivity contribution is 0.0934. The molecule has 0 fully saturated rings. The number of halogens is 1. The van der Waals surface area contributed by atoms with Crippen LogP contribution in [-0.2, 0) is 12.8 Å². The Morgan fingerprint density at radius 1 is 1.32 bits per heavy atom. The number of anilines is 1. The number of amides is 1. The van der Waals surface area contributed by atoms with Gasteiger partial charge in [-0.2, -0.15) is 0 Å². The summed E-state index contributed by atoms with van der Waals surface area (Å²) in [5, 5.41) is 7.69. The second kappa shape index (κ2) is 7.38. The van der Waals surface area contributed by atoms with Crippen molar-refractivity contribution >= 4 is 38.2 Å². The van der Waals surface area contributed by atoms with Crippen LogP contribution in [0.1, 0.15) is 66.1 Å². The summed E-state index contributed by atoms with van der Waals surface area (Å²) in [6, 6.07) is 5.85. The third-order valence-electron chi connectivity index (χ3n) is 6.56.